The molecule has 58 valence electrons. The number of rotatable bonds is 2. The van der Waals surface area contributed by atoms with E-state index in [0.717, 1.165) is 5.56 Å². The highest BCUT2D eigenvalue weighted by atomic mass is 35.5. The molecule has 0 unspecified atom stereocenters. The van der Waals surface area contributed by atoms with Gasteiger partial charge in [-0.1, -0.05) is 29.8 Å². The first kappa shape index (κ1) is 8.15. The van der Waals surface area contributed by atoms with Crippen LogP contribution in [0.3, 0.4) is 0 Å². The molecule has 1 rings (SSSR count). The summed E-state index contributed by atoms with van der Waals surface area (Å²) in [5.41, 5.74) is 0.904. The van der Waals surface area contributed by atoms with Gasteiger partial charge in [0.05, 0.1) is 5.02 Å². The Kier molecular flexibility index (Phi) is 2.55. The number of halogens is 1. The molecule has 1 N–H and O–H groups in total. The number of hydrogen-bond acceptors (Lipinski definition) is 1. The second-order valence-electron chi connectivity index (χ2n) is 2.24. The molecule has 0 saturated heterocycles. The van der Waals surface area contributed by atoms with Crippen molar-refractivity contribution in [3.8, 4) is 5.75 Å². The molecule has 11 heavy (non-hydrogen) atoms. The van der Waals surface area contributed by atoms with Crippen LogP contribution >= 0.6 is 11.6 Å². The molecule has 0 bridgehead atoms. The lowest BCUT2D eigenvalue weighted by molar-refractivity contribution is 0.475. The lowest BCUT2D eigenvalue weighted by Gasteiger charge is -2.01. The Hall–Kier alpha value is -0.950. The molecule has 1 aromatic rings. The molecular weight excluding hydrogens is 160 g/mol. The summed E-state index contributed by atoms with van der Waals surface area (Å²) in [5, 5.41) is 9.58. The number of aromatic hydroxyl groups is 1. The maximum atomic E-state index is 9.16. The maximum Gasteiger partial charge on any atom is 0.134 e. The van der Waals surface area contributed by atoms with Crippen molar-refractivity contribution in [1.29, 1.82) is 0 Å². The fourth-order valence-corrected chi connectivity index (χ4v) is 1.08. The molecule has 0 aromatic heterocycles. The first-order chi connectivity index (χ1) is 5.25. The van der Waals surface area contributed by atoms with Crippen LogP contribution in [0.5, 0.6) is 5.75 Å². The highest BCUT2D eigenvalue weighted by molar-refractivity contribution is 6.32. The van der Waals surface area contributed by atoms with Gasteiger partial charge in [-0.15, -0.1) is 6.58 Å². The second-order valence-corrected chi connectivity index (χ2v) is 2.62. The molecule has 0 spiro atoms. The Morgan fingerprint density at radius 2 is 2.27 bits per heavy atom. The normalized spacial score (nSPS) is 9.55. The van der Waals surface area contributed by atoms with E-state index in [9.17, 15) is 0 Å². The van der Waals surface area contributed by atoms with Gasteiger partial charge in [0, 0.05) is 0 Å². The van der Waals surface area contributed by atoms with E-state index in [0.29, 0.717) is 11.4 Å². The van der Waals surface area contributed by atoms with E-state index in [1.807, 2.05) is 6.07 Å². The van der Waals surface area contributed by atoms with Crippen LogP contribution in [0.1, 0.15) is 5.56 Å². The van der Waals surface area contributed by atoms with E-state index in [4.69, 9.17) is 16.7 Å². The Morgan fingerprint density at radius 1 is 1.55 bits per heavy atom. The minimum absolute atomic E-state index is 0.131. The van der Waals surface area contributed by atoms with Gasteiger partial charge in [0.15, 0.2) is 0 Å². The average Bonchev–Trinajstić information content (AvgIpc) is 1.99. The van der Waals surface area contributed by atoms with Crippen LogP contribution in [0.15, 0.2) is 30.9 Å². The van der Waals surface area contributed by atoms with Gasteiger partial charge in [-0.3, -0.25) is 0 Å². The lowest BCUT2D eigenvalue weighted by Crippen LogP contribution is -1.81. The van der Waals surface area contributed by atoms with E-state index in [2.05, 4.69) is 6.58 Å². The van der Waals surface area contributed by atoms with Crippen molar-refractivity contribution in [2.75, 3.05) is 0 Å². The molecular formula is C9H9ClO. The van der Waals surface area contributed by atoms with E-state index < -0.39 is 0 Å². The van der Waals surface area contributed by atoms with Crippen molar-refractivity contribution < 1.29 is 5.11 Å². The van der Waals surface area contributed by atoms with Crippen molar-refractivity contribution in [3.63, 3.8) is 0 Å². The molecule has 0 atom stereocenters. The summed E-state index contributed by atoms with van der Waals surface area (Å²) in [7, 11) is 0. The quantitative estimate of drug-likeness (QED) is 0.674. The van der Waals surface area contributed by atoms with Gasteiger partial charge in [-0.25, -0.2) is 0 Å². The third-order valence-corrected chi connectivity index (χ3v) is 1.86. The van der Waals surface area contributed by atoms with Gasteiger partial charge in [0.2, 0.25) is 0 Å². The van der Waals surface area contributed by atoms with Crippen molar-refractivity contribution in [1.82, 2.24) is 0 Å². The molecule has 1 nitrogen and oxygen atoms in total. The summed E-state index contributed by atoms with van der Waals surface area (Å²) < 4.78 is 0. The maximum absolute atomic E-state index is 9.16. The number of phenolic OH excluding ortho intramolecular Hbond substituents is 1. The first-order valence-corrected chi connectivity index (χ1v) is 3.70. The predicted octanol–water partition coefficient (Wildman–Crippen LogP) is 2.77. The van der Waals surface area contributed by atoms with Gasteiger partial charge < -0.3 is 5.11 Å². The molecule has 0 aliphatic heterocycles. The fourth-order valence-electron chi connectivity index (χ4n) is 0.879. The van der Waals surface area contributed by atoms with Crippen LogP contribution in [-0.2, 0) is 6.42 Å². The third-order valence-electron chi connectivity index (χ3n) is 1.42. The summed E-state index contributed by atoms with van der Waals surface area (Å²) in [6.45, 7) is 3.59. The molecule has 0 heterocycles. The summed E-state index contributed by atoms with van der Waals surface area (Å²) >= 11 is 5.77. The lowest BCUT2D eigenvalue weighted by atomic mass is 10.1. The van der Waals surface area contributed by atoms with Gasteiger partial charge in [0.25, 0.3) is 0 Å². The zero-order valence-electron chi connectivity index (χ0n) is 6.05. The standard InChI is InChI=1S/C9H9ClO/c1-2-4-7-5-3-6-8(11)9(7)10/h2-3,5-6,11H,1,4H2. The predicted molar refractivity (Wildman–Crippen MR) is 47.0 cm³/mol. The minimum atomic E-state index is 0.131. The topological polar surface area (TPSA) is 20.2 Å². The van der Waals surface area contributed by atoms with E-state index in [1.165, 1.54) is 0 Å². The Morgan fingerprint density at radius 3 is 2.91 bits per heavy atom. The fraction of sp³-hybridized carbons (Fsp3) is 0.111. The zero-order valence-corrected chi connectivity index (χ0v) is 6.80. The van der Waals surface area contributed by atoms with Crippen LogP contribution in [0.2, 0.25) is 5.02 Å². The van der Waals surface area contributed by atoms with Crippen LogP contribution < -0.4 is 0 Å². The largest absolute Gasteiger partial charge is 0.506 e. The Balaban J connectivity index is 3.05. The van der Waals surface area contributed by atoms with Crippen molar-refractivity contribution in [3.05, 3.63) is 41.4 Å². The van der Waals surface area contributed by atoms with Gasteiger partial charge >= 0.3 is 0 Å². The monoisotopic (exact) mass is 168 g/mol. The Bertz CT molecular complexity index is 268. The van der Waals surface area contributed by atoms with Crippen LogP contribution in [0.4, 0.5) is 0 Å². The number of phenols is 1. The third kappa shape index (κ3) is 1.75. The first-order valence-electron chi connectivity index (χ1n) is 3.33. The molecule has 0 fully saturated rings. The minimum Gasteiger partial charge on any atom is -0.506 e. The van der Waals surface area contributed by atoms with Gasteiger partial charge in [-0.05, 0) is 18.1 Å². The van der Waals surface area contributed by atoms with Gasteiger partial charge in [0.1, 0.15) is 5.75 Å². The zero-order chi connectivity index (χ0) is 8.27. The number of hydrogen-bond donors (Lipinski definition) is 1. The molecule has 0 saturated carbocycles. The van der Waals surface area contributed by atoms with Gasteiger partial charge in [-0.2, -0.15) is 0 Å². The van der Waals surface area contributed by atoms with E-state index in [-0.39, 0.29) is 5.75 Å². The van der Waals surface area contributed by atoms with E-state index in [1.54, 1.807) is 18.2 Å². The SMILES string of the molecule is C=CCc1cccc(O)c1Cl. The summed E-state index contributed by atoms with van der Waals surface area (Å²) in [6, 6.07) is 5.19. The molecule has 0 aliphatic carbocycles. The molecule has 2 heteroatoms. The summed E-state index contributed by atoms with van der Waals surface area (Å²) in [6.07, 6.45) is 2.44. The summed E-state index contributed by atoms with van der Waals surface area (Å²) in [4.78, 5) is 0. The number of benzene rings is 1. The average molecular weight is 169 g/mol. The van der Waals surface area contributed by atoms with Crippen LogP contribution in [-0.4, -0.2) is 5.11 Å². The highest BCUT2D eigenvalue weighted by Gasteiger charge is 2.01. The van der Waals surface area contributed by atoms with Crippen molar-refractivity contribution in [2.45, 2.75) is 6.42 Å². The van der Waals surface area contributed by atoms with E-state index >= 15 is 0 Å². The van der Waals surface area contributed by atoms with Crippen molar-refractivity contribution >= 4 is 11.6 Å². The summed E-state index contributed by atoms with van der Waals surface area (Å²) in [5.74, 6) is 0.131. The smallest absolute Gasteiger partial charge is 0.134 e. The van der Waals surface area contributed by atoms with Crippen LogP contribution in [0.25, 0.3) is 0 Å². The molecule has 0 radical (unpaired) electrons. The highest BCUT2D eigenvalue weighted by Crippen LogP contribution is 2.26. The molecule has 1 aromatic carbocycles. The molecule has 0 aliphatic rings. The molecule has 0 amide bonds. The van der Waals surface area contributed by atoms with Crippen LogP contribution in [0, 0.1) is 0 Å². The second kappa shape index (κ2) is 3.44. The van der Waals surface area contributed by atoms with Crippen molar-refractivity contribution in [2.24, 2.45) is 0 Å². The number of allylic oxidation sites excluding steroid dienone is 1. The Labute approximate surface area is 70.9 Å².